The van der Waals surface area contributed by atoms with Crippen molar-refractivity contribution in [2.45, 2.75) is 43.5 Å². The summed E-state index contributed by atoms with van der Waals surface area (Å²) in [4.78, 5) is 32.9. The second kappa shape index (κ2) is 9.97. The standard InChI is InChI=1S/C26H27FN4O7S2/c1-26(2,3)24-23(32)21(25(33)31(24)13-14-6-8-16(27)18(10-14)38-4)22-20(12-28)40(36,37)19-11-15(30-39(5,34)35)7-9-17(19)29-22/h6-11,20-21,24,30H,13H2,1-5H3. The summed E-state index contributed by atoms with van der Waals surface area (Å²) in [5.41, 5.74) is -0.911. The number of hydrogen-bond donors (Lipinski definition) is 1. The largest absolute Gasteiger partial charge is 0.494 e. The Morgan fingerprint density at radius 1 is 1.18 bits per heavy atom. The molecule has 0 aliphatic carbocycles. The average molecular weight is 591 g/mol. The Kier molecular flexibility index (Phi) is 7.27. The Balaban J connectivity index is 1.82. The topological polar surface area (TPSA) is 163 Å². The minimum absolute atomic E-state index is 0.0482. The number of carbonyl (C=O) groups is 2. The number of rotatable bonds is 6. The van der Waals surface area contributed by atoms with Crippen LogP contribution in [0.5, 0.6) is 5.75 Å². The number of anilines is 1. The third-order valence-corrected chi connectivity index (χ3v) is 9.11. The van der Waals surface area contributed by atoms with Crippen molar-refractivity contribution in [2.24, 2.45) is 16.3 Å². The number of carbonyl (C=O) groups excluding carboxylic acids is 2. The summed E-state index contributed by atoms with van der Waals surface area (Å²) in [6.07, 6.45) is 0.895. The molecule has 1 N–H and O–H groups in total. The van der Waals surface area contributed by atoms with Crippen molar-refractivity contribution in [1.29, 1.82) is 5.26 Å². The molecule has 2 aromatic rings. The van der Waals surface area contributed by atoms with E-state index in [4.69, 9.17) is 4.74 Å². The van der Waals surface area contributed by atoms with E-state index in [1.165, 1.54) is 42.3 Å². The Morgan fingerprint density at radius 2 is 1.85 bits per heavy atom. The summed E-state index contributed by atoms with van der Waals surface area (Å²) >= 11 is 0. The van der Waals surface area contributed by atoms with Crippen LogP contribution >= 0.6 is 0 Å². The number of Topliss-reactive ketones (excluding diaryl/α,β-unsaturated/α-hetero) is 1. The molecule has 1 fully saturated rings. The number of sulfonamides is 1. The van der Waals surface area contributed by atoms with Gasteiger partial charge in [0.1, 0.15) is 5.92 Å². The number of hydrogen-bond acceptors (Lipinski definition) is 9. The zero-order valence-corrected chi connectivity index (χ0v) is 23.9. The highest BCUT2D eigenvalue weighted by molar-refractivity contribution is 7.93. The Morgan fingerprint density at radius 3 is 2.42 bits per heavy atom. The van der Waals surface area contributed by atoms with Gasteiger partial charge in [-0.05, 0) is 41.3 Å². The number of aliphatic imine (C=N–C) groups is 1. The van der Waals surface area contributed by atoms with Crippen molar-refractivity contribution in [1.82, 2.24) is 4.90 Å². The van der Waals surface area contributed by atoms with Crippen LogP contribution in [0.2, 0.25) is 0 Å². The molecule has 1 saturated heterocycles. The molecule has 0 bridgehead atoms. The minimum atomic E-state index is -4.50. The molecule has 0 aromatic heterocycles. The van der Waals surface area contributed by atoms with Crippen molar-refractivity contribution in [3.05, 3.63) is 47.8 Å². The number of ketones is 1. The third kappa shape index (κ3) is 5.18. The monoisotopic (exact) mass is 590 g/mol. The molecular formula is C26H27FN4O7S2. The van der Waals surface area contributed by atoms with Gasteiger partial charge in [-0.1, -0.05) is 26.8 Å². The Hall–Kier alpha value is -3.83. The van der Waals surface area contributed by atoms with Gasteiger partial charge in [0.2, 0.25) is 25.8 Å². The van der Waals surface area contributed by atoms with Crippen molar-refractivity contribution in [3.63, 3.8) is 0 Å². The van der Waals surface area contributed by atoms with Gasteiger partial charge in [-0.3, -0.25) is 19.3 Å². The molecule has 2 aliphatic heterocycles. The van der Waals surface area contributed by atoms with E-state index in [2.05, 4.69) is 9.71 Å². The molecule has 212 valence electrons. The highest BCUT2D eigenvalue weighted by Crippen LogP contribution is 2.41. The first-order valence-electron chi connectivity index (χ1n) is 12.0. The Labute approximate surface area is 231 Å². The van der Waals surface area contributed by atoms with Crippen LogP contribution in [0.25, 0.3) is 0 Å². The fraction of sp³-hybridized carbons (Fsp3) is 0.385. The molecule has 40 heavy (non-hydrogen) atoms. The number of methoxy groups -OCH3 is 1. The van der Waals surface area contributed by atoms with E-state index in [9.17, 15) is 36.1 Å². The zero-order valence-electron chi connectivity index (χ0n) is 22.3. The highest BCUT2D eigenvalue weighted by Gasteiger charge is 2.57. The lowest BCUT2D eigenvalue weighted by atomic mass is 9.81. The summed E-state index contributed by atoms with van der Waals surface area (Å²) < 4.78 is 71.5. The maximum absolute atomic E-state index is 14.0. The number of halogens is 1. The highest BCUT2D eigenvalue weighted by atomic mass is 32.2. The summed E-state index contributed by atoms with van der Waals surface area (Å²) in [6, 6.07) is 8.25. The lowest BCUT2D eigenvalue weighted by Gasteiger charge is -2.33. The van der Waals surface area contributed by atoms with Crippen LogP contribution in [-0.4, -0.2) is 63.8 Å². The second-order valence-electron chi connectivity index (χ2n) is 10.7. The van der Waals surface area contributed by atoms with E-state index in [-0.39, 0.29) is 23.7 Å². The first kappa shape index (κ1) is 29.2. The van der Waals surface area contributed by atoms with Crippen LogP contribution in [0.3, 0.4) is 0 Å². The van der Waals surface area contributed by atoms with E-state index in [1.807, 2.05) is 0 Å². The molecule has 2 heterocycles. The molecule has 4 rings (SSSR count). The second-order valence-corrected chi connectivity index (χ2v) is 14.4. The third-order valence-electron chi connectivity index (χ3n) is 6.60. The molecule has 0 spiro atoms. The number of likely N-dealkylation sites (tertiary alicyclic amines) is 1. The molecule has 1 amide bonds. The lowest BCUT2D eigenvalue weighted by Crippen LogP contribution is -2.44. The zero-order chi connectivity index (χ0) is 29.8. The molecule has 3 atom stereocenters. The minimum Gasteiger partial charge on any atom is -0.494 e. The maximum atomic E-state index is 14.0. The molecule has 0 saturated carbocycles. The van der Waals surface area contributed by atoms with Gasteiger partial charge in [0, 0.05) is 12.2 Å². The average Bonchev–Trinajstić information content (AvgIpc) is 3.08. The van der Waals surface area contributed by atoms with Crippen LogP contribution < -0.4 is 9.46 Å². The smallest absolute Gasteiger partial charge is 0.240 e. The normalized spacial score (nSPS) is 22.4. The van der Waals surface area contributed by atoms with E-state index < -0.39 is 70.6 Å². The molecule has 14 heteroatoms. The number of fused-ring (bicyclic) bond motifs is 1. The molecule has 2 aromatic carbocycles. The van der Waals surface area contributed by atoms with Crippen LogP contribution in [0.1, 0.15) is 26.3 Å². The van der Waals surface area contributed by atoms with Crippen molar-refractivity contribution in [2.75, 3.05) is 18.1 Å². The van der Waals surface area contributed by atoms with Crippen molar-refractivity contribution >= 4 is 48.6 Å². The van der Waals surface area contributed by atoms with Gasteiger partial charge in [0.05, 0.1) is 41.8 Å². The van der Waals surface area contributed by atoms with Gasteiger partial charge >= 0.3 is 0 Å². The summed E-state index contributed by atoms with van der Waals surface area (Å²) in [7, 11) is -6.93. The first-order valence-corrected chi connectivity index (χ1v) is 15.4. The Bertz CT molecular complexity index is 1710. The van der Waals surface area contributed by atoms with E-state index in [1.54, 1.807) is 26.8 Å². The lowest BCUT2D eigenvalue weighted by molar-refractivity contribution is -0.132. The maximum Gasteiger partial charge on any atom is 0.240 e. The molecule has 0 radical (unpaired) electrons. The van der Waals surface area contributed by atoms with Gasteiger partial charge < -0.3 is 9.64 Å². The predicted octanol–water partition coefficient (Wildman–Crippen LogP) is 2.60. The molecular weight excluding hydrogens is 563 g/mol. The summed E-state index contributed by atoms with van der Waals surface area (Å²) in [6.45, 7) is 5.14. The van der Waals surface area contributed by atoms with Gasteiger partial charge in [0.25, 0.3) is 0 Å². The fourth-order valence-electron chi connectivity index (χ4n) is 5.01. The number of ether oxygens (including phenoxy) is 1. The molecule has 11 nitrogen and oxygen atoms in total. The van der Waals surface area contributed by atoms with Crippen molar-refractivity contribution < 1.29 is 35.6 Å². The number of nitrogens with zero attached hydrogens (tertiary/aromatic N) is 3. The number of sulfone groups is 1. The van der Waals surface area contributed by atoms with Crippen LogP contribution in [0, 0.1) is 28.5 Å². The van der Waals surface area contributed by atoms with Crippen LogP contribution in [0.4, 0.5) is 15.8 Å². The van der Waals surface area contributed by atoms with Crippen LogP contribution in [-0.2, 0) is 36.0 Å². The van der Waals surface area contributed by atoms with Crippen LogP contribution in [0.15, 0.2) is 46.3 Å². The quantitative estimate of drug-likeness (QED) is 0.502. The number of nitriles is 1. The van der Waals surface area contributed by atoms with E-state index in [0.29, 0.717) is 5.56 Å². The number of amides is 1. The van der Waals surface area contributed by atoms with Gasteiger partial charge in [-0.25, -0.2) is 21.2 Å². The summed E-state index contributed by atoms with van der Waals surface area (Å²) in [5, 5.41) is 7.95. The molecule has 2 aliphatic rings. The fourth-order valence-corrected chi connectivity index (χ4v) is 7.16. The van der Waals surface area contributed by atoms with E-state index in [0.717, 1.165) is 12.3 Å². The van der Waals surface area contributed by atoms with Gasteiger partial charge in [-0.15, -0.1) is 0 Å². The molecule has 3 unspecified atom stereocenters. The van der Waals surface area contributed by atoms with Crippen molar-refractivity contribution in [3.8, 4) is 11.8 Å². The predicted molar refractivity (Wildman–Crippen MR) is 144 cm³/mol. The SMILES string of the molecule is COc1cc(CN2C(=O)C(C3=Nc4ccc(NS(C)(=O)=O)cc4S(=O)(=O)C3C#N)C(=O)C2C(C)(C)C)ccc1F. The van der Waals surface area contributed by atoms with Gasteiger partial charge in [0.15, 0.2) is 22.6 Å². The first-order chi connectivity index (χ1) is 18.5. The number of nitrogens with one attached hydrogen (secondary N) is 1. The van der Waals surface area contributed by atoms with Gasteiger partial charge in [-0.2, -0.15) is 5.26 Å². The van der Waals surface area contributed by atoms with E-state index >= 15 is 0 Å². The number of benzene rings is 2. The summed E-state index contributed by atoms with van der Waals surface area (Å²) in [5.74, 6) is -3.64.